The molecule has 5 nitrogen and oxygen atoms in total. The first-order chi connectivity index (χ1) is 8.72. The van der Waals surface area contributed by atoms with Crippen LogP contribution >= 0.6 is 11.3 Å². The molecule has 0 spiro atoms. The molecular weight excluding hydrogens is 246 g/mol. The number of anilines is 1. The SMILES string of the molecule is N#Cc1ccc(N=Nc2cc(C#N)c(N)s2)cc1. The number of nitrogens with two attached hydrogens (primary N) is 1. The van der Waals surface area contributed by atoms with Crippen molar-refractivity contribution in [1.29, 1.82) is 10.5 Å². The van der Waals surface area contributed by atoms with E-state index in [4.69, 9.17) is 16.3 Å². The van der Waals surface area contributed by atoms with Gasteiger partial charge in [0.2, 0.25) is 0 Å². The number of hydrogen-bond acceptors (Lipinski definition) is 6. The highest BCUT2D eigenvalue weighted by atomic mass is 32.1. The Bertz CT molecular complexity index is 670. The third-order valence-electron chi connectivity index (χ3n) is 2.13. The van der Waals surface area contributed by atoms with Crippen molar-refractivity contribution in [3.8, 4) is 12.1 Å². The maximum atomic E-state index is 8.75. The molecule has 1 heterocycles. The Balaban J connectivity index is 2.19. The largest absolute Gasteiger partial charge is 0.389 e. The summed E-state index contributed by atoms with van der Waals surface area (Å²) in [6.07, 6.45) is 0. The van der Waals surface area contributed by atoms with Gasteiger partial charge in [-0.2, -0.15) is 10.5 Å². The van der Waals surface area contributed by atoms with E-state index < -0.39 is 0 Å². The van der Waals surface area contributed by atoms with E-state index in [1.165, 1.54) is 11.3 Å². The first-order valence-electron chi connectivity index (χ1n) is 4.94. The number of benzene rings is 1. The smallest absolute Gasteiger partial charge is 0.142 e. The molecule has 2 aromatic rings. The van der Waals surface area contributed by atoms with Crippen molar-refractivity contribution in [2.24, 2.45) is 10.2 Å². The molecule has 0 unspecified atom stereocenters. The zero-order chi connectivity index (χ0) is 13.0. The predicted molar refractivity (Wildman–Crippen MR) is 68.8 cm³/mol. The molecule has 2 N–H and O–H groups in total. The van der Waals surface area contributed by atoms with Crippen molar-refractivity contribution in [3.05, 3.63) is 41.5 Å². The van der Waals surface area contributed by atoms with Crippen molar-refractivity contribution in [3.63, 3.8) is 0 Å². The van der Waals surface area contributed by atoms with Crippen molar-refractivity contribution in [1.82, 2.24) is 0 Å². The Morgan fingerprint density at radius 2 is 1.78 bits per heavy atom. The van der Waals surface area contributed by atoms with Crippen molar-refractivity contribution in [2.45, 2.75) is 0 Å². The normalized spacial score (nSPS) is 10.1. The van der Waals surface area contributed by atoms with Gasteiger partial charge >= 0.3 is 0 Å². The van der Waals surface area contributed by atoms with Crippen LogP contribution in [0.5, 0.6) is 0 Å². The molecule has 0 aliphatic rings. The monoisotopic (exact) mass is 253 g/mol. The van der Waals surface area contributed by atoms with E-state index >= 15 is 0 Å². The summed E-state index contributed by atoms with van der Waals surface area (Å²) in [5, 5.41) is 26.4. The molecule has 18 heavy (non-hydrogen) atoms. The highest BCUT2D eigenvalue weighted by Gasteiger charge is 2.04. The molecule has 2 rings (SSSR count). The first-order valence-corrected chi connectivity index (χ1v) is 5.76. The lowest BCUT2D eigenvalue weighted by Gasteiger charge is -1.90. The number of thiophene rings is 1. The van der Waals surface area contributed by atoms with Gasteiger partial charge in [-0.05, 0) is 30.3 Å². The number of nitriles is 2. The first kappa shape index (κ1) is 11.8. The average Bonchev–Trinajstić information content (AvgIpc) is 2.77. The molecule has 1 aromatic carbocycles. The van der Waals surface area contributed by atoms with Crippen LogP contribution in [0.4, 0.5) is 15.7 Å². The highest BCUT2D eigenvalue weighted by molar-refractivity contribution is 7.19. The molecular formula is C12H7N5S. The van der Waals surface area contributed by atoms with E-state index in [1.807, 2.05) is 12.1 Å². The van der Waals surface area contributed by atoms with Crippen molar-refractivity contribution < 1.29 is 0 Å². The maximum absolute atomic E-state index is 8.75. The van der Waals surface area contributed by atoms with Crippen LogP contribution in [0.25, 0.3) is 0 Å². The summed E-state index contributed by atoms with van der Waals surface area (Å²) in [5.74, 6) is 0. The number of hydrogen-bond donors (Lipinski definition) is 1. The van der Waals surface area contributed by atoms with Gasteiger partial charge < -0.3 is 5.73 Å². The van der Waals surface area contributed by atoms with E-state index in [1.54, 1.807) is 30.3 Å². The van der Waals surface area contributed by atoms with Gasteiger partial charge in [-0.15, -0.1) is 10.2 Å². The lowest BCUT2D eigenvalue weighted by Crippen LogP contribution is -1.80. The van der Waals surface area contributed by atoms with Gasteiger partial charge in [0.1, 0.15) is 16.1 Å². The number of rotatable bonds is 2. The maximum Gasteiger partial charge on any atom is 0.142 e. The quantitative estimate of drug-likeness (QED) is 0.829. The highest BCUT2D eigenvalue weighted by Crippen LogP contribution is 2.32. The molecule has 0 atom stereocenters. The topological polar surface area (TPSA) is 98.3 Å². The van der Waals surface area contributed by atoms with E-state index in [0.29, 0.717) is 26.8 Å². The Labute approximate surface area is 107 Å². The third kappa shape index (κ3) is 2.51. The predicted octanol–water partition coefficient (Wildman–Crippen LogP) is 3.49. The van der Waals surface area contributed by atoms with Crippen molar-refractivity contribution >= 4 is 27.0 Å². The third-order valence-corrected chi connectivity index (χ3v) is 2.98. The summed E-state index contributed by atoms with van der Waals surface area (Å²) >= 11 is 1.21. The van der Waals surface area contributed by atoms with Crippen LogP contribution in [0.3, 0.4) is 0 Å². The fraction of sp³-hybridized carbons (Fsp3) is 0. The van der Waals surface area contributed by atoms with Crippen LogP contribution in [0, 0.1) is 22.7 Å². The van der Waals surface area contributed by atoms with E-state index in [0.717, 1.165) is 0 Å². The second-order valence-electron chi connectivity index (χ2n) is 3.33. The Kier molecular flexibility index (Phi) is 3.33. The molecule has 0 aliphatic carbocycles. The minimum atomic E-state index is 0.411. The molecule has 86 valence electrons. The minimum Gasteiger partial charge on any atom is -0.389 e. The average molecular weight is 253 g/mol. The van der Waals surface area contributed by atoms with Crippen LogP contribution in [0.2, 0.25) is 0 Å². The van der Waals surface area contributed by atoms with Crippen LogP contribution in [-0.4, -0.2) is 0 Å². The number of nitrogens with zero attached hydrogens (tertiary/aromatic N) is 4. The minimum absolute atomic E-state index is 0.411. The molecule has 1 aromatic heterocycles. The second kappa shape index (κ2) is 5.09. The van der Waals surface area contributed by atoms with Crippen LogP contribution < -0.4 is 5.73 Å². The lowest BCUT2D eigenvalue weighted by atomic mass is 10.2. The molecule has 0 bridgehead atoms. The Morgan fingerprint density at radius 3 is 2.33 bits per heavy atom. The second-order valence-corrected chi connectivity index (χ2v) is 4.40. The van der Waals surface area contributed by atoms with E-state index in [9.17, 15) is 0 Å². The van der Waals surface area contributed by atoms with E-state index in [-0.39, 0.29) is 0 Å². The zero-order valence-corrected chi connectivity index (χ0v) is 9.98. The standard InChI is InChI=1S/C12H7N5S/c13-6-8-1-3-10(4-2-8)16-17-11-5-9(7-14)12(15)18-11/h1-5H,15H2. The molecule has 0 saturated heterocycles. The summed E-state index contributed by atoms with van der Waals surface area (Å²) in [7, 11) is 0. The molecule has 0 saturated carbocycles. The van der Waals surface area contributed by atoms with E-state index in [2.05, 4.69) is 10.2 Å². The van der Waals surface area contributed by atoms with Crippen LogP contribution in [-0.2, 0) is 0 Å². The van der Waals surface area contributed by atoms with Crippen LogP contribution in [0.1, 0.15) is 11.1 Å². The lowest BCUT2D eigenvalue weighted by molar-refractivity contribution is 1.25. The van der Waals surface area contributed by atoms with Gasteiger partial charge in [0.25, 0.3) is 0 Å². The number of nitrogen functional groups attached to an aromatic ring is 1. The van der Waals surface area contributed by atoms with Gasteiger partial charge in [0.15, 0.2) is 0 Å². The summed E-state index contributed by atoms with van der Waals surface area (Å²) < 4.78 is 0. The molecule has 0 fully saturated rings. The van der Waals surface area contributed by atoms with Crippen molar-refractivity contribution in [2.75, 3.05) is 5.73 Å². The summed E-state index contributed by atoms with van der Waals surface area (Å²) in [4.78, 5) is 0. The van der Waals surface area contributed by atoms with Gasteiger partial charge in [-0.1, -0.05) is 11.3 Å². The summed E-state index contributed by atoms with van der Waals surface area (Å²) in [6.45, 7) is 0. The van der Waals surface area contributed by atoms with Crippen LogP contribution in [0.15, 0.2) is 40.6 Å². The zero-order valence-electron chi connectivity index (χ0n) is 9.16. The molecule has 0 amide bonds. The fourth-order valence-electron chi connectivity index (χ4n) is 1.24. The van der Waals surface area contributed by atoms with Gasteiger partial charge in [0.05, 0.1) is 22.9 Å². The molecule has 6 heteroatoms. The fourth-order valence-corrected chi connectivity index (χ4v) is 1.94. The number of azo groups is 1. The molecule has 0 radical (unpaired) electrons. The van der Waals surface area contributed by atoms with Gasteiger partial charge in [-0.25, -0.2) is 0 Å². The van der Waals surface area contributed by atoms with Gasteiger partial charge in [-0.3, -0.25) is 0 Å². The van der Waals surface area contributed by atoms with Gasteiger partial charge in [0, 0.05) is 0 Å². The summed E-state index contributed by atoms with van der Waals surface area (Å²) in [6, 6.07) is 12.3. The Hall–Kier alpha value is -2.70. The molecule has 0 aliphatic heterocycles. The Morgan fingerprint density at radius 1 is 1.06 bits per heavy atom. The summed E-state index contributed by atoms with van der Waals surface area (Å²) in [5.41, 5.74) is 7.24.